The van der Waals surface area contributed by atoms with E-state index in [0.717, 1.165) is 36.8 Å². The molecule has 0 amide bonds. The summed E-state index contributed by atoms with van der Waals surface area (Å²) >= 11 is 1.53. The molecule has 3 aromatic rings. The number of hydrogen-bond donors (Lipinski definition) is 0. The average molecular weight is 472 g/mol. The zero-order valence-electron chi connectivity index (χ0n) is 17.3. The Morgan fingerprint density at radius 2 is 1.81 bits per heavy atom. The van der Waals surface area contributed by atoms with Crippen molar-refractivity contribution < 1.29 is 18.7 Å². The molecular formula is C21H21N4O5PS. The summed E-state index contributed by atoms with van der Waals surface area (Å²) in [5.74, 6) is 0.580. The molecule has 32 heavy (non-hydrogen) atoms. The summed E-state index contributed by atoms with van der Waals surface area (Å²) in [6.07, 6.45) is 1.22. The van der Waals surface area contributed by atoms with E-state index in [0.29, 0.717) is 11.3 Å². The summed E-state index contributed by atoms with van der Waals surface area (Å²) in [7, 11) is -3.02. The predicted molar refractivity (Wildman–Crippen MR) is 121 cm³/mol. The molecule has 2 aromatic carbocycles. The minimum absolute atomic E-state index is 0.109. The van der Waals surface area contributed by atoms with E-state index >= 15 is 0 Å². The third-order valence-corrected chi connectivity index (χ3v) is 8.91. The quantitative estimate of drug-likeness (QED) is 0.178. The fourth-order valence-corrected chi connectivity index (χ4v) is 6.34. The van der Waals surface area contributed by atoms with Crippen LogP contribution in [0.25, 0.3) is 10.6 Å². The highest BCUT2D eigenvalue weighted by Crippen LogP contribution is 2.63. The average Bonchev–Trinajstić information content (AvgIpc) is 3.72. The Bertz CT molecular complexity index is 1160. The van der Waals surface area contributed by atoms with Crippen LogP contribution in [0.4, 0.5) is 5.69 Å². The number of thiazole rings is 1. The molecular weight excluding hydrogens is 451 g/mol. The molecule has 2 saturated heterocycles. The second kappa shape index (κ2) is 8.38. The molecule has 5 rings (SSSR count). The van der Waals surface area contributed by atoms with Crippen LogP contribution in [-0.2, 0) is 9.09 Å². The molecule has 166 valence electrons. The number of rotatable bonds is 9. The van der Waals surface area contributed by atoms with Crippen LogP contribution in [0.1, 0.15) is 18.6 Å². The van der Waals surface area contributed by atoms with Crippen LogP contribution in [0.15, 0.2) is 54.0 Å². The fraction of sp³-hybridized carbons (Fsp3) is 0.286. The summed E-state index contributed by atoms with van der Waals surface area (Å²) in [5, 5.41) is 14.3. The van der Waals surface area contributed by atoms with Gasteiger partial charge in [0.2, 0.25) is 5.75 Å². The van der Waals surface area contributed by atoms with Crippen molar-refractivity contribution in [3.05, 3.63) is 69.7 Å². The molecule has 0 spiro atoms. The Labute approximate surface area is 188 Å². The Hall–Kier alpha value is -2.62. The van der Waals surface area contributed by atoms with Gasteiger partial charge in [0.05, 0.1) is 11.0 Å². The maximum absolute atomic E-state index is 13.3. The Balaban J connectivity index is 1.38. The van der Waals surface area contributed by atoms with Gasteiger partial charge in [0.1, 0.15) is 10.8 Å². The molecule has 1 unspecified atom stereocenters. The van der Waals surface area contributed by atoms with Gasteiger partial charge in [-0.25, -0.2) is 14.3 Å². The molecule has 1 aromatic heterocycles. The highest BCUT2D eigenvalue weighted by molar-refractivity contribution is 7.54. The van der Waals surface area contributed by atoms with Crippen LogP contribution in [0, 0.1) is 10.1 Å². The van der Waals surface area contributed by atoms with Crippen molar-refractivity contribution >= 4 is 24.7 Å². The van der Waals surface area contributed by atoms with Gasteiger partial charge < -0.3 is 4.74 Å². The number of nitro benzene ring substituents is 1. The minimum Gasteiger partial charge on any atom is -0.450 e. The third-order valence-electron chi connectivity index (χ3n) is 5.27. The van der Waals surface area contributed by atoms with Gasteiger partial charge in [-0.3, -0.25) is 19.2 Å². The lowest BCUT2D eigenvalue weighted by molar-refractivity contribution is -0.385. The Morgan fingerprint density at radius 1 is 1.12 bits per heavy atom. The summed E-state index contributed by atoms with van der Waals surface area (Å²) in [5.41, 5.74) is 1.46. The molecule has 0 bridgehead atoms. The second-order valence-electron chi connectivity index (χ2n) is 7.59. The molecule has 0 saturated carbocycles. The van der Waals surface area contributed by atoms with E-state index in [1.54, 1.807) is 37.4 Å². The van der Waals surface area contributed by atoms with Crippen molar-refractivity contribution in [3.8, 4) is 22.1 Å². The maximum Gasteiger partial charge on any atom is 0.346 e. The van der Waals surface area contributed by atoms with Crippen molar-refractivity contribution in [2.24, 2.45) is 0 Å². The van der Waals surface area contributed by atoms with E-state index in [1.165, 1.54) is 17.4 Å². The van der Waals surface area contributed by atoms with Crippen molar-refractivity contribution in [3.63, 3.8) is 0 Å². The lowest BCUT2D eigenvalue weighted by Gasteiger charge is -2.24. The highest BCUT2D eigenvalue weighted by Gasteiger charge is 2.50. The number of nitrogens with zero attached hydrogens (tertiary/aromatic N) is 4. The minimum atomic E-state index is -3.02. The summed E-state index contributed by atoms with van der Waals surface area (Å²) < 4.78 is 28.9. The molecule has 11 heteroatoms. The number of benzene rings is 2. The first-order valence-electron chi connectivity index (χ1n) is 10.2. The first-order valence-corrected chi connectivity index (χ1v) is 12.6. The maximum atomic E-state index is 13.3. The molecule has 9 nitrogen and oxygen atoms in total. The smallest absolute Gasteiger partial charge is 0.346 e. The van der Waals surface area contributed by atoms with Crippen LogP contribution in [0.3, 0.4) is 0 Å². The van der Waals surface area contributed by atoms with Crippen molar-refractivity contribution in [1.82, 2.24) is 14.3 Å². The van der Waals surface area contributed by atoms with Crippen LogP contribution in [-0.4, -0.2) is 45.4 Å². The number of aromatic nitrogens is 1. The largest absolute Gasteiger partial charge is 0.450 e. The normalized spacial score (nSPS) is 17.2. The second-order valence-corrected chi connectivity index (χ2v) is 10.8. The highest BCUT2D eigenvalue weighted by atomic mass is 32.1. The van der Waals surface area contributed by atoms with Gasteiger partial charge in [-0.1, -0.05) is 0 Å². The molecule has 2 fully saturated rings. The van der Waals surface area contributed by atoms with Gasteiger partial charge in [0, 0.05) is 49.4 Å². The van der Waals surface area contributed by atoms with E-state index in [1.807, 2.05) is 26.9 Å². The van der Waals surface area contributed by atoms with Gasteiger partial charge in [-0.05, 0) is 48.9 Å². The molecule has 2 aliphatic rings. The Morgan fingerprint density at radius 3 is 2.38 bits per heavy atom. The Kier molecular flexibility index (Phi) is 5.56. The number of ether oxygens (including phenoxy) is 1. The van der Waals surface area contributed by atoms with Gasteiger partial charge in [0.15, 0.2) is 0 Å². The van der Waals surface area contributed by atoms with Crippen LogP contribution >= 0.6 is 19.0 Å². The van der Waals surface area contributed by atoms with Crippen LogP contribution in [0.2, 0.25) is 0 Å². The van der Waals surface area contributed by atoms with E-state index in [4.69, 9.17) is 9.26 Å². The van der Waals surface area contributed by atoms with Crippen LogP contribution in [0.5, 0.6) is 11.5 Å². The topological polar surface area (TPSA) is 97.6 Å². The van der Waals surface area contributed by atoms with Crippen molar-refractivity contribution in [1.29, 1.82) is 0 Å². The van der Waals surface area contributed by atoms with Crippen molar-refractivity contribution in [2.45, 2.75) is 13.0 Å². The van der Waals surface area contributed by atoms with Gasteiger partial charge in [-0.2, -0.15) is 0 Å². The fourth-order valence-electron chi connectivity index (χ4n) is 3.35. The van der Waals surface area contributed by atoms with E-state index < -0.39 is 18.7 Å². The van der Waals surface area contributed by atoms with E-state index in [2.05, 4.69) is 4.98 Å². The van der Waals surface area contributed by atoms with Crippen LogP contribution < -0.4 is 4.74 Å². The number of hydrogen-bond acceptors (Lipinski definition) is 7. The molecule has 0 aliphatic carbocycles. The van der Waals surface area contributed by atoms with E-state index in [9.17, 15) is 14.7 Å². The van der Waals surface area contributed by atoms with Crippen molar-refractivity contribution in [2.75, 3.05) is 26.2 Å². The third kappa shape index (κ3) is 4.32. The number of nitro groups is 1. The summed E-state index contributed by atoms with van der Waals surface area (Å²) in [6.45, 7) is 4.82. The zero-order valence-corrected chi connectivity index (χ0v) is 19.0. The predicted octanol–water partition coefficient (Wildman–Crippen LogP) is 5.33. The molecule has 2 aliphatic heterocycles. The SMILES string of the molecule is CC(OP(=O)(N1CC1)N1CC1)c1ccc([N+](=O)[O-])c(Oc2ccc(-c3nccs3)cc2)c1. The van der Waals surface area contributed by atoms with Gasteiger partial charge in [0.25, 0.3) is 0 Å². The first kappa shape index (κ1) is 21.2. The zero-order chi connectivity index (χ0) is 22.3. The first-order chi connectivity index (χ1) is 15.4. The lowest BCUT2D eigenvalue weighted by Crippen LogP contribution is -2.10. The summed E-state index contributed by atoms with van der Waals surface area (Å²) in [4.78, 5) is 15.4. The molecule has 0 N–H and O–H groups in total. The standard InChI is InChI=1S/C21H21N4O5PS/c1-15(30-31(28,23-9-10-23)24-11-12-24)17-4-7-19(25(26)27)20(14-17)29-18-5-2-16(3-6-18)21-22-8-13-32-21/h2-8,13-15H,9-12H2,1H3. The summed E-state index contributed by atoms with van der Waals surface area (Å²) in [6, 6.07) is 11.8. The monoisotopic (exact) mass is 472 g/mol. The lowest BCUT2D eigenvalue weighted by atomic mass is 10.1. The van der Waals surface area contributed by atoms with Gasteiger partial charge >= 0.3 is 13.4 Å². The molecule has 1 atom stereocenters. The van der Waals surface area contributed by atoms with Gasteiger partial charge in [-0.15, -0.1) is 11.3 Å². The molecule has 0 radical (unpaired) electrons. The molecule has 3 heterocycles. The van der Waals surface area contributed by atoms with E-state index in [-0.39, 0.29) is 11.4 Å².